The summed E-state index contributed by atoms with van der Waals surface area (Å²) >= 11 is 1.73. The zero-order chi connectivity index (χ0) is 12.3. The highest BCUT2D eigenvalue weighted by molar-refractivity contribution is 7.10. The minimum atomic E-state index is 0.0384. The van der Waals surface area contributed by atoms with Gasteiger partial charge in [0, 0.05) is 23.2 Å². The predicted octanol–water partition coefficient (Wildman–Crippen LogP) is 2.70. The third-order valence-corrected chi connectivity index (χ3v) is 3.62. The Hall–Kier alpha value is -1.39. The van der Waals surface area contributed by atoms with Crippen LogP contribution >= 0.6 is 11.3 Å². The van der Waals surface area contributed by atoms with Gasteiger partial charge in [-0.05, 0) is 35.9 Å². The van der Waals surface area contributed by atoms with Crippen molar-refractivity contribution in [2.24, 2.45) is 5.73 Å². The summed E-state index contributed by atoms with van der Waals surface area (Å²) < 4.78 is 5.02. The molecule has 1 unspecified atom stereocenters. The van der Waals surface area contributed by atoms with Crippen molar-refractivity contribution in [1.82, 2.24) is 4.98 Å². The van der Waals surface area contributed by atoms with Crippen LogP contribution in [-0.2, 0) is 6.42 Å². The largest absolute Gasteiger partial charge is 0.481 e. The smallest absolute Gasteiger partial charge is 0.212 e. The summed E-state index contributed by atoms with van der Waals surface area (Å²) in [7, 11) is 1.61. The van der Waals surface area contributed by atoms with E-state index in [0.29, 0.717) is 5.88 Å². The topological polar surface area (TPSA) is 48.1 Å². The van der Waals surface area contributed by atoms with E-state index in [2.05, 4.69) is 23.4 Å². The van der Waals surface area contributed by atoms with Gasteiger partial charge < -0.3 is 10.5 Å². The number of rotatable bonds is 4. The Labute approximate surface area is 105 Å². The van der Waals surface area contributed by atoms with Crippen molar-refractivity contribution in [3.8, 4) is 5.88 Å². The molecule has 2 N–H and O–H groups in total. The molecule has 2 rings (SSSR count). The van der Waals surface area contributed by atoms with E-state index < -0.39 is 0 Å². The number of methoxy groups -OCH3 is 1. The van der Waals surface area contributed by atoms with Gasteiger partial charge in [0.2, 0.25) is 5.88 Å². The van der Waals surface area contributed by atoms with Gasteiger partial charge in [0.15, 0.2) is 0 Å². The van der Waals surface area contributed by atoms with E-state index in [1.807, 2.05) is 18.3 Å². The molecule has 1 atom stereocenters. The fourth-order valence-electron chi connectivity index (χ4n) is 1.80. The van der Waals surface area contributed by atoms with E-state index in [1.54, 1.807) is 18.4 Å². The maximum absolute atomic E-state index is 6.19. The van der Waals surface area contributed by atoms with Gasteiger partial charge in [-0.3, -0.25) is 0 Å². The zero-order valence-corrected chi connectivity index (χ0v) is 10.8. The van der Waals surface area contributed by atoms with Crippen molar-refractivity contribution < 1.29 is 4.74 Å². The van der Waals surface area contributed by atoms with Gasteiger partial charge in [0.25, 0.3) is 0 Å². The van der Waals surface area contributed by atoms with Crippen LogP contribution in [0.2, 0.25) is 0 Å². The highest BCUT2D eigenvalue weighted by Gasteiger charge is 2.10. The SMILES string of the molecule is COc1ccc(CC(N)c2ccsc2C)cn1. The van der Waals surface area contributed by atoms with Crippen molar-refractivity contribution in [3.05, 3.63) is 45.8 Å². The molecule has 0 saturated heterocycles. The fraction of sp³-hybridized carbons (Fsp3) is 0.308. The molecule has 0 aliphatic carbocycles. The average Bonchev–Trinajstić information content (AvgIpc) is 2.76. The summed E-state index contributed by atoms with van der Waals surface area (Å²) in [5.41, 5.74) is 8.55. The minimum Gasteiger partial charge on any atom is -0.481 e. The molecule has 90 valence electrons. The first-order chi connectivity index (χ1) is 8.20. The van der Waals surface area contributed by atoms with Crippen LogP contribution in [0.5, 0.6) is 5.88 Å². The Morgan fingerprint density at radius 3 is 2.76 bits per heavy atom. The van der Waals surface area contributed by atoms with Crippen molar-refractivity contribution in [1.29, 1.82) is 0 Å². The molecule has 0 aliphatic heterocycles. The predicted molar refractivity (Wildman–Crippen MR) is 70.5 cm³/mol. The van der Waals surface area contributed by atoms with Crippen molar-refractivity contribution in [2.45, 2.75) is 19.4 Å². The number of thiophene rings is 1. The molecular formula is C13H16N2OS. The number of nitrogens with two attached hydrogens (primary N) is 1. The lowest BCUT2D eigenvalue weighted by atomic mass is 10.0. The summed E-state index contributed by atoms with van der Waals surface area (Å²) in [6.07, 6.45) is 2.62. The van der Waals surface area contributed by atoms with Gasteiger partial charge in [0.05, 0.1) is 7.11 Å². The Morgan fingerprint density at radius 1 is 1.41 bits per heavy atom. The second-order valence-electron chi connectivity index (χ2n) is 3.95. The van der Waals surface area contributed by atoms with Crippen molar-refractivity contribution in [2.75, 3.05) is 7.11 Å². The molecular weight excluding hydrogens is 232 g/mol. The Morgan fingerprint density at radius 2 is 2.24 bits per heavy atom. The first-order valence-corrected chi connectivity index (χ1v) is 6.37. The molecule has 4 heteroatoms. The average molecular weight is 248 g/mol. The Bertz CT molecular complexity index is 478. The number of hydrogen-bond donors (Lipinski definition) is 1. The second kappa shape index (κ2) is 5.29. The maximum Gasteiger partial charge on any atom is 0.212 e. The standard InChI is InChI=1S/C13H16N2OS/c1-9-11(5-6-17-9)12(14)7-10-3-4-13(16-2)15-8-10/h3-6,8,12H,7,14H2,1-2H3. The lowest BCUT2D eigenvalue weighted by molar-refractivity contribution is 0.397. The molecule has 3 nitrogen and oxygen atoms in total. The van der Waals surface area contributed by atoms with Crippen LogP contribution in [0.4, 0.5) is 0 Å². The highest BCUT2D eigenvalue weighted by atomic mass is 32.1. The number of hydrogen-bond acceptors (Lipinski definition) is 4. The van der Waals surface area contributed by atoms with E-state index in [-0.39, 0.29) is 6.04 Å². The van der Waals surface area contributed by atoms with Crippen LogP contribution in [0.25, 0.3) is 0 Å². The van der Waals surface area contributed by atoms with Gasteiger partial charge in [-0.1, -0.05) is 6.07 Å². The number of aromatic nitrogens is 1. The van der Waals surface area contributed by atoms with Crippen molar-refractivity contribution in [3.63, 3.8) is 0 Å². The first-order valence-electron chi connectivity index (χ1n) is 5.49. The summed E-state index contributed by atoms with van der Waals surface area (Å²) in [6.45, 7) is 2.10. The number of ether oxygens (including phenoxy) is 1. The van der Waals surface area contributed by atoms with Gasteiger partial charge in [-0.25, -0.2) is 4.98 Å². The van der Waals surface area contributed by atoms with Crippen LogP contribution in [0.15, 0.2) is 29.8 Å². The van der Waals surface area contributed by atoms with E-state index in [4.69, 9.17) is 10.5 Å². The number of pyridine rings is 1. The lowest BCUT2D eigenvalue weighted by Crippen LogP contribution is -2.13. The van der Waals surface area contributed by atoms with E-state index >= 15 is 0 Å². The second-order valence-corrected chi connectivity index (χ2v) is 5.07. The van der Waals surface area contributed by atoms with E-state index in [1.165, 1.54) is 10.4 Å². The fourth-order valence-corrected chi connectivity index (χ4v) is 2.57. The summed E-state index contributed by atoms with van der Waals surface area (Å²) in [6, 6.07) is 6.01. The Balaban J connectivity index is 2.07. The molecule has 0 bridgehead atoms. The molecule has 0 radical (unpaired) electrons. The molecule has 0 fully saturated rings. The van der Waals surface area contributed by atoms with E-state index in [0.717, 1.165) is 12.0 Å². The molecule has 0 amide bonds. The molecule has 2 heterocycles. The van der Waals surface area contributed by atoms with Crippen LogP contribution in [0.1, 0.15) is 22.0 Å². The molecule has 2 aromatic rings. The van der Waals surface area contributed by atoms with Crippen LogP contribution in [-0.4, -0.2) is 12.1 Å². The third kappa shape index (κ3) is 2.84. The minimum absolute atomic E-state index is 0.0384. The normalized spacial score (nSPS) is 12.4. The number of aryl methyl sites for hydroxylation is 1. The number of nitrogens with zero attached hydrogens (tertiary/aromatic N) is 1. The quantitative estimate of drug-likeness (QED) is 0.905. The van der Waals surface area contributed by atoms with Crippen LogP contribution in [0.3, 0.4) is 0 Å². The molecule has 2 aromatic heterocycles. The molecule has 0 aromatic carbocycles. The Kier molecular flexibility index (Phi) is 3.76. The molecule has 0 saturated carbocycles. The summed E-state index contributed by atoms with van der Waals surface area (Å²) in [4.78, 5) is 5.47. The molecule has 17 heavy (non-hydrogen) atoms. The molecule has 0 aliphatic rings. The zero-order valence-electron chi connectivity index (χ0n) is 10.0. The summed E-state index contributed by atoms with van der Waals surface area (Å²) in [5.74, 6) is 0.633. The van der Waals surface area contributed by atoms with E-state index in [9.17, 15) is 0 Å². The van der Waals surface area contributed by atoms with Gasteiger partial charge in [-0.2, -0.15) is 0 Å². The first kappa shape index (κ1) is 12.1. The monoisotopic (exact) mass is 248 g/mol. The van der Waals surface area contributed by atoms with Crippen LogP contribution < -0.4 is 10.5 Å². The highest BCUT2D eigenvalue weighted by Crippen LogP contribution is 2.23. The van der Waals surface area contributed by atoms with Crippen molar-refractivity contribution >= 4 is 11.3 Å². The maximum atomic E-state index is 6.19. The molecule has 0 spiro atoms. The van der Waals surface area contributed by atoms with Gasteiger partial charge >= 0.3 is 0 Å². The van der Waals surface area contributed by atoms with Crippen LogP contribution in [0, 0.1) is 6.92 Å². The van der Waals surface area contributed by atoms with Gasteiger partial charge in [0.1, 0.15) is 0 Å². The van der Waals surface area contributed by atoms with Gasteiger partial charge in [-0.15, -0.1) is 11.3 Å². The third-order valence-electron chi connectivity index (χ3n) is 2.76. The summed E-state index contributed by atoms with van der Waals surface area (Å²) in [5, 5.41) is 2.08. The lowest BCUT2D eigenvalue weighted by Gasteiger charge is -2.11.